The summed E-state index contributed by atoms with van der Waals surface area (Å²) in [5.41, 5.74) is 14.3. The van der Waals surface area contributed by atoms with Gasteiger partial charge in [0.2, 0.25) is 0 Å². The van der Waals surface area contributed by atoms with E-state index >= 15 is 0 Å². The molecule has 0 saturated heterocycles. The molecule has 0 bridgehead atoms. The molecule has 290 valence electrons. The third-order valence-electron chi connectivity index (χ3n) is 12.0. The Morgan fingerprint density at radius 1 is 0.226 bits per heavy atom. The van der Waals surface area contributed by atoms with Crippen molar-refractivity contribution >= 4 is 43.6 Å². The zero-order chi connectivity index (χ0) is 41.0. The van der Waals surface area contributed by atoms with E-state index in [0.29, 0.717) is 17.5 Å². The number of nitrogens with zero attached hydrogens (tertiary/aromatic N) is 5. The van der Waals surface area contributed by atoms with Crippen LogP contribution in [0.4, 0.5) is 0 Å². The van der Waals surface area contributed by atoms with Gasteiger partial charge in [-0.05, 0) is 82.9 Å². The first kappa shape index (κ1) is 35.5. The van der Waals surface area contributed by atoms with Gasteiger partial charge in [0.1, 0.15) is 0 Å². The van der Waals surface area contributed by atoms with Gasteiger partial charge in [-0.25, -0.2) is 15.0 Å². The second kappa shape index (κ2) is 14.7. The highest BCUT2D eigenvalue weighted by molar-refractivity contribution is 6.19. The summed E-state index contributed by atoms with van der Waals surface area (Å²) in [5, 5.41) is 4.87. The first-order chi connectivity index (χ1) is 30.7. The summed E-state index contributed by atoms with van der Waals surface area (Å²) in [6.07, 6.45) is 0. The maximum atomic E-state index is 5.12. The average molecular weight is 792 g/mol. The molecule has 0 amide bonds. The molecular weight excluding hydrogens is 755 g/mol. The molecule has 5 heteroatoms. The lowest BCUT2D eigenvalue weighted by Crippen LogP contribution is -2.00. The molecule has 3 heterocycles. The van der Waals surface area contributed by atoms with Crippen molar-refractivity contribution in [3.8, 4) is 67.8 Å². The van der Waals surface area contributed by atoms with Gasteiger partial charge in [-0.1, -0.05) is 164 Å². The first-order valence-electron chi connectivity index (χ1n) is 20.9. The Hall–Kier alpha value is -8.41. The molecule has 62 heavy (non-hydrogen) atoms. The summed E-state index contributed by atoms with van der Waals surface area (Å²) in [6.45, 7) is 0. The molecule has 0 unspecified atom stereocenters. The number of para-hydroxylation sites is 3. The van der Waals surface area contributed by atoms with Crippen LogP contribution in [0.3, 0.4) is 0 Å². The van der Waals surface area contributed by atoms with Gasteiger partial charge in [-0.15, -0.1) is 0 Å². The zero-order valence-electron chi connectivity index (χ0n) is 33.6. The van der Waals surface area contributed by atoms with Crippen molar-refractivity contribution in [3.05, 3.63) is 224 Å². The molecule has 0 radical (unpaired) electrons. The lowest BCUT2D eigenvalue weighted by atomic mass is 10.0. The summed E-state index contributed by atoms with van der Waals surface area (Å²) < 4.78 is 4.77. The molecular formula is C57H37N5. The molecule has 0 N–H and O–H groups in total. The predicted molar refractivity (Wildman–Crippen MR) is 256 cm³/mol. The van der Waals surface area contributed by atoms with Crippen LogP contribution in [0.1, 0.15) is 0 Å². The van der Waals surface area contributed by atoms with Gasteiger partial charge in [-0.2, -0.15) is 0 Å². The molecule has 5 nitrogen and oxygen atoms in total. The summed E-state index contributed by atoms with van der Waals surface area (Å²) in [4.78, 5) is 15.3. The van der Waals surface area contributed by atoms with Gasteiger partial charge in [-0.3, -0.25) is 0 Å². The summed E-state index contributed by atoms with van der Waals surface area (Å²) in [6, 6.07) is 79.2. The van der Waals surface area contributed by atoms with Gasteiger partial charge < -0.3 is 9.13 Å². The van der Waals surface area contributed by atoms with Crippen molar-refractivity contribution in [3.63, 3.8) is 0 Å². The zero-order valence-corrected chi connectivity index (χ0v) is 33.6. The Morgan fingerprint density at radius 3 is 0.952 bits per heavy atom. The minimum Gasteiger partial charge on any atom is -0.309 e. The summed E-state index contributed by atoms with van der Waals surface area (Å²) in [7, 11) is 0. The van der Waals surface area contributed by atoms with Gasteiger partial charge >= 0.3 is 0 Å². The van der Waals surface area contributed by atoms with Crippen LogP contribution in [0.2, 0.25) is 0 Å². The maximum absolute atomic E-state index is 5.12. The lowest BCUT2D eigenvalue weighted by molar-refractivity contribution is 1.07. The van der Waals surface area contributed by atoms with Crippen LogP contribution in [0, 0.1) is 0 Å². The van der Waals surface area contributed by atoms with E-state index < -0.39 is 0 Å². The van der Waals surface area contributed by atoms with E-state index in [1.165, 1.54) is 43.7 Å². The highest BCUT2D eigenvalue weighted by Crippen LogP contribution is 2.40. The van der Waals surface area contributed by atoms with E-state index in [0.717, 1.165) is 50.2 Å². The number of benzene rings is 9. The quantitative estimate of drug-likeness (QED) is 0.162. The van der Waals surface area contributed by atoms with E-state index in [4.69, 9.17) is 15.0 Å². The van der Waals surface area contributed by atoms with Gasteiger partial charge in [0.15, 0.2) is 17.5 Å². The van der Waals surface area contributed by atoms with Crippen molar-refractivity contribution in [2.75, 3.05) is 0 Å². The number of hydrogen-bond donors (Lipinski definition) is 0. The summed E-state index contributed by atoms with van der Waals surface area (Å²) in [5.74, 6) is 1.87. The summed E-state index contributed by atoms with van der Waals surface area (Å²) >= 11 is 0. The number of rotatable bonds is 7. The van der Waals surface area contributed by atoms with Crippen molar-refractivity contribution in [2.45, 2.75) is 0 Å². The Morgan fingerprint density at radius 2 is 0.532 bits per heavy atom. The van der Waals surface area contributed by atoms with Crippen LogP contribution in [0.15, 0.2) is 224 Å². The minimum absolute atomic E-state index is 0.619. The molecule has 9 aromatic carbocycles. The maximum Gasteiger partial charge on any atom is 0.164 e. The number of hydrogen-bond acceptors (Lipinski definition) is 3. The van der Waals surface area contributed by atoms with E-state index in [9.17, 15) is 0 Å². The molecule has 0 aliphatic heterocycles. The Bertz CT molecular complexity index is 3470. The minimum atomic E-state index is 0.619. The van der Waals surface area contributed by atoms with Crippen LogP contribution in [0.5, 0.6) is 0 Å². The Labute approximate surface area is 358 Å². The van der Waals surface area contributed by atoms with Crippen molar-refractivity contribution in [1.82, 2.24) is 24.1 Å². The van der Waals surface area contributed by atoms with Gasteiger partial charge in [0.25, 0.3) is 0 Å². The second-order valence-corrected chi connectivity index (χ2v) is 15.7. The van der Waals surface area contributed by atoms with E-state index in [-0.39, 0.29) is 0 Å². The monoisotopic (exact) mass is 791 g/mol. The largest absolute Gasteiger partial charge is 0.309 e. The molecule has 0 atom stereocenters. The number of fused-ring (bicyclic) bond motifs is 6. The Balaban J connectivity index is 0.983. The van der Waals surface area contributed by atoms with Crippen LogP contribution >= 0.6 is 0 Å². The smallest absolute Gasteiger partial charge is 0.164 e. The first-order valence-corrected chi connectivity index (χ1v) is 20.9. The molecule has 0 spiro atoms. The van der Waals surface area contributed by atoms with E-state index in [2.05, 4.69) is 221 Å². The molecule has 3 aromatic heterocycles. The van der Waals surface area contributed by atoms with Gasteiger partial charge in [0, 0.05) is 49.6 Å². The predicted octanol–water partition coefficient (Wildman–Crippen LogP) is 14.4. The highest BCUT2D eigenvalue weighted by Gasteiger charge is 2.19. The molecule has 0 aliphatic rings. The molecule has 0 aliphatic carbocycles. The molecule has 0 saturated carbocycles. The van der Waals surface area contributed by atoms with Crippen LogP contribution < -0.4 is 0 Å². The van der Waals surface area contributed by atoms with Crippen LogP contribution in [-0.4, -0.2) is 24.1 Å². The van der Waals surface area contributed by atoms with E-state index in [1.807, 2.05) is 12.1 Å². The fraction of sp³-hybridized carbons (Fsp3) is 0. The number of aromatic nitrogens is 5. The molecule has 12 aromatic rings. The third-order valence-corrected chi connectivity index (χ3v) is 12.0. The topological polar surface area (TPSA) is 48.5 Å². The Kier molecular flexibility index (Phi) is 8.42. The highest BCUT2D eigenvalue weighted by atomic mass is 15.0. The fourth-order valence-electron chi connectivity index (χ4n) is 8.97. The standard InChI is InChI=1S/C57H37N5/c1-4-14-38(15-5-1)40-24-28-42(29-25-40)55-58-56(43-30-26-41(27-31-43)39-16-6-2-7-17-39)60-57(59-55)44-32-34-46(35-33-44)62-52-23-13-11-21-48(52)50-36-53-49(37-54(50)62)47-20-10-12-22-51(47)61(53)45-18-8-3-9-19-45/h1-37H. The van der Waals surface area contributed by atoms with Gasteiger partial charge in [0.05, 0.1) is 22.1 Å². The van der Waals surface area contributed by atoms with Crippen molar-refractivity contribution in [2.24, 2.45) is 0 Å². The van der Waals surface area contributed by atoms with Crippen LogP contribution in [-0.2, 0) is 0 Å². The third kappa shape index (κ3) is 6.06. The lowest BCUT2D eigenvalue weighted by Gasteiger charge is -2.11. The second-order valence-electron chi connectivity index (χ2n) is 15.7. The van der Waals surface area contributed by atoms with E-state index in [1.54, 1.807) is 0 Å². The SMILES string of the molecule is c1ccc(-c2ccc(-c3nc(-c4ccc(-c5ccccc5)cc4)nc(-c4ccc(-n5c6ccccc6c6cc7c(cc65)c5ccccc5n7-c5ccccc5)cc4)n3)cc2)cc1. The van der Waals surface area contributed by atoms with Crippen LogP contribution in [0.25, 0.3) is 111 Å². The fourth-order valence-corrected chi connectivity index (χ4v) is 8.97. The molecule has 12 rings (SSSR count). The average Bonchev–Trinajstić information content (AvgIpc) is 3.86. The molecule has 0 fully saturated rings. The van der Waals surface area contributed by atoms with Crippen molar-refractivity contribution in [1.29, 1.82) is 0 Å². The van der Waals surface area contributed by atoms with Crippen molar-refractivity contribution < 1.29 is 0 Å². The normalized spacial score (nSPS) is 11.5.